The van der Waals surface area contributed by atoms with Gasteiger partial charge in [-0.25, -0.2) is 0 Å². The quantitative estimate of drug-likeness (QED) is 0.532. The number of aromatic amines is 1. The standard InChI is InChI=1S/C12H10BrN3O3/c1-7-14-10(12(15-7)16(18)19)6-11(17)8-3-2-4-9(13)5-8/h2-5H,6H2,1H3,(H,14,15). The minimum Gasteiger partial charge on any atom is -0.358 e. The Bertz CT molecular complexity index is 651. The second-order valence-electron chi connectivity index (χ2n) is 3.99. The second kappa shape index (κ2) is 5.31. The molecular weight excluding hydrogens is 314 g/mol. The van der Waals surface area contributed by atoms with Crippen LogP contribution in [0.25, 0.3) is 0 Å². The van der Waals surface area contributed by atoms with Crippen LogP contribution in [-0.2, 0) is 6.42 Å². The predicted octanol–water partition coefficient (Wildman–Crippen LogP) is 2.81. The van der Waals surface area contributed by atoms with E-state index in [0.29, 0.717) is 11.4 Å². The molecule has 0 atom stereocenters. The summed E-state index contributed by atoms with van der Waals surface area (Å²) in [7, 11) is 0. The van der Waals surface area contributed by atoms with E-state index in [9.17, 15) is 14.9 Å². The number of carbonyl (C=O) groups is 1. The Morgan fingerprint density at radius 1 is 1.53 bits per heavy atom. The third kappa shape index (κ3) is 3.05. The van der Waals surface area contributed by atoms with E-state index in [1.165, 1.54) is 0 Å². The van der Waals surface area contributed by atoms with Crippen molar-refractivity contribution in [2.24, 2.45) is 0 Å². The number of ketones is 1. The van der Waals surface area contributed by atoms with E-state index in [1.54, 1.807) is 31.2 Å². The summed E-state index contributed by atoms with van der Waals surface area (Å²) >= 11 is 3.28. The van der Waals surface area contributed by atoms with Crippen molar-refractivity contribution in [1.82, 2.24) is 9.97 Å². The molecule has 0 unspecified atom stereocenters. The smallest absolute Gasteiger partial charge is 0.358 e. The van der Waals surface area contributed by atoms with Gasteiger partial charge in [0.1, 0.15) is 5.69 Å². The van der Waals surface area contributed by atoms with Gasteiger partial charge in [0.25, 0.3) is 0 Å². The molecule has 6 nitrogen and oxygen atoms in total. The molecule has 19 heavy (non-hydrogen) atoms. The average molecular weight is 324 g/mol. The lowest BCUT2D eigenvalue weighted by molar-refractivity contribution is -0.390. The molecule has 98 valence electrons. The highest BCUT2D eigenvalue weighted by atomic mass is 79.9. The second-order valence-corrected chi connectivity index (χ2v) is 4.91. The van der Waals surface area contributed by atoms with Crippen LogP contribution in [0, 0.1) is 17.0 Å². The molecule has 1 heterocycles. The van der Waals surface area contributed by atoms with Crippen molar-refractivity contribution in [1.29, 1.82) is 0 Å². The molecule has 1 aromatic heterocycles. The lowest BCUT2D eigenvalue weighted by atomic mass is 10.1. The highest BCUT2D eigenvalue weighted by Crippen LogP contribution is 2.18. The molecule has 0 bridgehead atoms. The van der Waals surface area contributed by atoms with Crippen LogP contribution in [0.4, 0.5) is 5.82 Å². The summed E-state index contributed by atoms with van der Waals surface area (Å²) in [5.41, 5.74) is 0.725. The zero-order valence-electron chi connectivity index (χ0n) is 10.0. The van der Waals surface area contributed by atoms with Gasteiger partial charge < -0.3 is 15.1 Å². The van der Waals surface area contributed by atoms with Crippen molar-refractivity contribution in [3.8, 4) is 0 Å². The molecule has 2 rings (SSSR count). The molecule has 0 fully saturated rings. The Balaban J connectivity index is 2.26. The highest BCUT2D eigenvalue weighted by Gasteiger charge is 2.22. The number of imidazole rings is 1. The number of hydrogen-bond donors (Lipinski definition) is 1. The number of carbonyl (C=O) groups excluding carboxylic acids is 1. The maximum absolute atomic E-state index is 12.1. The van der Waals surface area contributed by atoms with Gasteiger partial charge >= 0.3 is 5.82 Å². The third-order valence-corrected chi connectivity index (χ3v) is 3.03. The van der Waals surface area contributed by atoms with Crippen molar-refractivity contribution in [2.75, 3.05) is 0 Å². The molecule has 7 heteroatoms. The van der Waals surface area contributed by atoms with Crippen LogP contribution in [-0.4, -0.2) is 20.7 Å². The molecule has 0 aliphatic heterocycles. The van der Waals surface area contributed by atoms with Crippen LogP contribution in [0.2, 0.25) is 0 Å². The van der Waals surface area contributed by atoms with Crippen LogP contribution in [0.1, 0.15) is 21.9 Å². The maximum atomic E-state index is 12.1. The summed E-state index contributed by atoms with van der Waals surface area (Å²) < 4.78 is 0.786. The first-order chi connectivity index (χ1) is 8.97. The van der Waals surface area contributed by atoms with Gasteiger partial charge in [-0.3, -0.25) is 4.79 Å². The number of nitrogens with one attached hydrogen (secondary N) is 1. The molecule has 1 aromatic carbocycles. The van der Waals surface area contributed by atoms with Crippen LogP contribution in [0.15, 0.2) is 28.7 Å². The number of aromatic nitrogens is 2. The molecule has 1 N–H and O–H groups in total. The number of Topliss-reactive ketones (excluding diaryl/α,β-unsaturated/α-hetero) is 1. The minimum atomic E-state index is -0.590. The van der Waals surface area contributed by atoms with E-state index in [0.717, 1.165) is 4.47 Å². The van der Waals surface area contributed by atoms with Gasteiger partial charge in [0.2, 0.25) is 5.82 Å². The first kappa shape index (κ1) is 13.4. The minimum absolute atomic E-state index is 0.0758. The Hall–Kier alpha value is -2.02. The molecule has 0 saturated carbocycles. The molecule has 0 amide bonds. The zero-order chi connectivity index (χ0) is 14.0. The molecule has 0 aliphatic carbocycles. The number of hydrogen-bond acceptors (Lipinski definition) is 4. The fourth-order valence-electron chi connectivity index (χ4n) is 1.73. The number of rotatable bonds is 4. The summed E-state index contributed by atoms with van der Waals surface area (Å²) in [5, 5.41) is 10.8. The number of H-pyrrole nitrogens is 1. The lowest BCUT2D eigenvalue weighted by Gasteiger charge is -2.00. The van der Waals surface area contributed by atoms with Gasteiger partial charge in [-0.1, -0.05) is 28.1 Å². The largest absolute Gasteiger partial charge is 0.385 e. The maximum Gasteiger partial charge on any atom is 0.385 e. The summed E-state index contributed by atoms with van der Waals surface area (Å²) in [6, 6.07) is 6.89. The molecule has 2 aromatic rings. The Morgan fingerprint density at radius 3 is 2.89 bits per heavy atom. The Kier molecular flexibility index (Phi) is 3.75. The Morgan fingerprint density at radius 2 is 2.26 bits per heavy atom. The third-order valence-electron chi connectivity index (χ3n) is 2.53. The number of nitrogens with zero attached hydrogens (tertiary/aromatic N) is 2. The first-order valence-corrected chi connectivity index (χ1v) is 6.25. The number of halogens is 1. The van der Waals surface area contributed by atoms with E-state index in [-0.39, 0.29) is 23.7 Å². The van der Waals surface area contributed by atoms with Crippen molar-refractivity contribution in [3.05, 3.63) is 55.9 Å². The predicted molar refractivity (Wildman–Crippen MR) is 72.2 cm³/mol. The summed E-state index contributed by atoms with van der Waals surface area (Å²) in [4.78, 5) is 28.8. The van der Waals surface area contributed by atoms with Gasteiger partial charge in [-0.05, 0) is 22.0 Å². The zero-order valence-corrected chi connectivity index (χ0v) is 11.6. The summed E-state index contributed by atoms with van der Waals surface area (Å²) in [6.07, 6.45) is -0.0758. The van der Waals surface area contributed by atoms with E-state index in [2.05, 4.69) is 25.9 Å². The lowest BCUT2D eigenvalue weighted by Crippen LogP contribution is -2.06. The van der Waals surface area contributed by atoms with Gasteiger partial charge in [-0.15, -0.1) is 0 Å². The van der Waals surface area contributed by atoms with Crippen molar-refractivity contribution < 1.29 is 9.72 Å². The van der Waals surface area contributed by atoms with Gasteiger partial charge in [-0.2, -0.15) is 0 Å². The molecule has 0 saturated heterocycles. The number of benzene rings is 1. The monoisotopic (exact) mass is 323 g/mol. The SMILES string of the molecule is Cc1nc([N+](=O)[O-])c(CC(=O)c2cccc(Br)c2)[nH]1. The van der Waals surface area contributed by atoms with Gasteiger partial charge in [0, 0.05) is 17.0 Å². The average Bonchev–Trinajstić information content (AvgIpc) is 2.70. The van der Waals surface area contributed by atoms with Crippen LogP contribution in [0.3, 0.4) is 0 Å². The Labute approximate surface area is 117 Å². The normalized spacial score (nSPS) is 10.4. The topological polar surface area (TPSA) is 88.9 Å². The fraction of sp³-hybridized carbons (Fsp3) is 0.167. The van der Waals surface area contributed by atoms with Gasteiger partial charge in [0.05, 0.1) is 6.42 Å². The molecule has 0 spiro atoms. The summed E-state index contributed by atoms with van der Waals surface area (Å²) in [6.45, 7) is 1.61. The van der Waals surface area contributed by atoms with Crippen LogP contribution in [0.5, 0.6) is 0 Å². The molecule has 0 aliphatic rings. The molecule has 0 radical (unpaired) electrons. The van der Waals surface area contributed by atoms with Crippen molar-refractivity contribution in [2.45, 2.75) is 13.3 Å². The van der Waals surface area contributed by atoms with Crippen LogP contribution >= 0.6 is 15.9 Å². The van der Waals surface area contributed by atoms with Crippen LogP contribution < -0.4 is 0 Å². The van der Waals surface area contributed by atoms with Crippen molar-refractivity contribution >= 4 is 27.5 Å². The van der Waals surface area contributed by atoms with Crippen molar-refractivity contribution in [3.63, 3.8) is 0 Å². The van der Waals surface area contributed by atoms with E-state index >= 15 is 0 Å². The number of nitro groups is 1. The summed E-state index contributed by atoms with van der Waals surface area (Å²) in [5.74, 6) is -0.0716. The van der Waals surface area contributed by atoms with E-state index < -0.39 is 4.92 Å². The molecular formula is C12H10BrN3O3. The fourth-order valence-corrected chi connectivity index (χ4v) is 2.13. The van der Waals surface area contributed by atoms with E-state index in [1.807, 2.05) is 0 Å². The number of aryl methyl sites for hydroxylation is 1. The first-order valence-electron chi connectivity index (χ1n) is 5.46. The highest BCUT2D eigenvalue weighted by molar-refractivity contribution is 9.10. The van der Waals surface area contributed by atoms with E-state index in [4.69, 9.17) is 0 Å². The van der Waals surface area contributed by atoms with Gasteiger partial charge in [0.15, 0.2) is 5.78 Å².